The lowest BCUT2D eigenvalue weighted by Gasteiger charge is -2.09. The molecule has 0 spiro atoms. The van der Waals surface area contributed by atoms with Gasteiger partial charge in [-0.05, 0) is 6.92 Å². The van der Waals surface area contributed by atoms with E-state index in [-0.39, 0.29) is 11.2 Å². The fourth-order valence-corrected chi connectivity index (χ4v) is 1.44. The zero-order valence-corrected chi connectivity index (χ0v) is 10.4. The van der Waals surface area contributed by atoms with E-state index in [1.807, 2.05) is 0 Å². The van der Waals surface area contributed by atoms with Gasteiger partial charge in [0.1, 0.15) is 0 Å². The maximum atomic E-state index is 11.6. The van der Waals surface area contributed by atoms with E-state index in [1.54, 1.807) is 14.0 Å². The first-order valence-electron chi connectivity index (χ1n) is 5.44. The summed E-state index contributed by atoms with van der Waals surface area (Å²) in [5.41, 5.74) is 0.100. The van der Waals surface area contributed by atoms with Crippen LogP contribution in [0.5, 0.6) is 0 Å². The van der Waals surface area contributed by atoms with Crippen LogP contribution in [0, 0.1) is 11.8 Å². The molecule has 0 amide bonds. The summed E-state index contributed by atoms with van der Waals surface area (Å²) in [4.78, 5) is 23.1. The van der Waals surface area contributed by atoms with Gasteiger partial charge in [0.15, 0.2) is 0 Å². The quantitative estimate of drug-likeness (QED) is 0.570. The van der Waals surface area contributed by atoms with Gasteiger partial charge >= 0.3 is 5.69 Å². The first kappa shape index (κ1) is 13.3. The molecule has 1 rings (SSSR count). The lowest BCUT2D eigenvalue weighted by Crippen LogP contribution is -2.39. The van der Waals surface area contributed by atoms with Crippen LogP contribution in [0.15, 0.2) is 15.7 Å². The summed E-state index contributed by atoms with van der Waals surface area (Å²) in [6.07, 6.45) is 0.759. The molecule has 0 unspecified atom stereocenters. The zero-order chi connectivity index (χ0) is 12.8. The molecule has 1 heterocycles. The summed E-state index contributed by atoms with van der Waals surface area (Å²) < 4.78 is 2.56. The summed E-state index contributed by atoms with van der Waals surface area (Å²) in [6.45, 7) is 3.03. The Labute approximate surface area is 100 Å². The molecule has 0 radical (unpaired) electrons. The first-order chi connectivity index (χ1) is 8.07. The summed E-state index contributed by atoms with van der Waals surface area (Å²) in [6, 6.07) is 1.47. The van der Waals surface area contributed by atoms with Gasteiger partial charge in [0.2, 0.25) is 0 Å². The number of nitrogens with zero attached hydrogens (tertiary/aromatic N) is 2. The zero-order valence-electron chi connectivity index (χ0n) is 10.4. The van der Waals surface area contributed by atoms with E-state index in [0.717, 1.165) is 17.5 Å². The van der Waals surface area contributed by atoms with Gasteiger partial charge in [0.25, 0.3) is 5.56 Å². The smallest absolute Gasteiger partial charge is 0.310 e. The van der Waals surface area contributed by atoms with Crippen LogP contribution in [0.3, 0.4) is 0 Å². The lowest BCUT2D eigenvalue weighted by molar-refractivity contribution is 0.605. The molecule has 0 aromatic carbocycles. The molecule has 1 aromatic rings. The van der Waals surface area contributed by atoms with E-state index >= 15 is 0 Å². The van der Waals surface area contributed by atoms with Crippen molar-refractivity contribution in [1.82, 2.24) is 14.5 Å². The third-order valence-electron chi connectivity index (χ3n) is 2.54. The fraction of sp³-hybridized carbons (Fsp3) is 0.500. The minimum atomic E-state index is -0.303. The van der Waals surface area contributed by atoms with Crippen LogP contribution >= 0.6 is 0 Å². The standard InChI is InChI=1S/C12H17N3O2/c1-4-5-6-7-13-9-10-8-11(16)15(3)12(17)14(10)2/h8,13H,6-7,9H2,1-3H3. The Morgan fingerprint density at radius 1 is 1.29 bits per heavy atom. The molecule has 0 bridgehead atoms. The van der Waals surface area contributed by atoms with Crippen molar-refractivity contribution in [3.05, 3.63) is 32.6 Å². The van der Waals surface area contributed by atoms with Gasteiger partial charge in [-0.3, -0.25) is 13.9 Å². The predicted octanol–water partition coefficient (Wildman–Crippen LogP) is -0.413. The van der Waals surface area contributed by atoms with Gasteiger partial charge < -0.3 is 5.32 Å². The highest BCUT2D eigenvalue weighted by atomic mass is 16.2. The SMILES string of the molecule is CC#CCCNCc1cc(=O)n(C)c(=O)n1C. The minimum Gasteiger partial charge on any atom is -0.310 e. The van der Waals surface area contributed by atoms with Gasteiger partial charge in [-0.2, -0.15) is 0 Å². The fourth-order valence-electron chi connectivity index (χ4n) is 1.44. The van der Waals surface area contributed by atoms with Crippen molar-refractivity contribution in [2.24, 2.45) is 14.1 Å². The largest absolute Gasteiger partial charge is 0.330 e. The molecule has 5 nitrogen and oxygen atoms in total. The van der Waals surface area contributed by atoms with E-state index < -0.39 is 0 Å². The van der Waals surface area contributed by atoms with Gasteiger partial charge in [0, 0.05) is 45.4 Å². The van der Waals surface area contributed by atoms with Gasteiger partial charge in [-0.1, -0.05) is 0 Å². The van der Waals surface area contributed by atoms with Gasteiger partial charge in [-0.25, -0.2) is 4.79 Å². The molecule has 0 saturated carbocycles. The molecule has 1 N–H and O–H groups in total. The normalized spacial score (nSPS) is 9.82. The van der Waals surface area contributed by atoms with Crippen molar-refractivity contribution in [3.8, 4) is 11.8 Å². The Hall–Kier alpha value is -1.80. The molecule has 17 heavy (non-hydrogen) atoms. The Balaban J connectivity index is 2.75. The summed E-state index contributed by atoms with van der Waals surface area (Å²) in [7, 11) is 3.13. The van der Waals surface area contributed by atoms with Crippen LogP contribution in [0.25, 0.3) is 0 Å². The Kier molecular flexibility index (Phi) is 4.73. The minimum absolute atomic E-state index is 0.279. The second-order valence-electron chi connectivity index (χ2n) is 3.73. The van der Waals surface area contributed by atoms with Crippen LogP contribution in [-0.2, 0) is 20.6 Å². The Morgan fingerprint density at radius 3 is 2.65 bits per heavy atom. The maximum absolute atomic E-state index is 11.6. The van der Waals surface area contributed by atoms with Crippen LogP contribution in [0.2, 0.25) is 0 Å². The third kappa shape index (κ3) is 3.33. The average molecular weight is 235 g/mol. The van der Waals surface area contributed by atoms with E-state index in [2.05, 4.69) is 17.2 Å². The molecule has 92 valence electrons. The highest BCUT2D eigenvalue weighted by Crippen LogP contribution is 1.89. The Bertz CT molecular complexity index is 558. The molecule has 0 saturated heterocycles. The first-order valence-corrected chi connectivity index (χ1v) is 5.44. The van der Waals surface area contributed by atoms with Crippen molar-refractivity contribution in [2.45, 2.75) is 19.9 Å². The topological polar surface area (TPSA) is 56.0 Å². The molecular weight excluding hydrogens is 218 g/mol. The average Bonchev–Trinajstić information content (AvgIpc) is 2.32. The summed E-state index contributed by atoms with van der Waals surface area (Å²) in [5, 5.41) is 3.14. The van der Waals surface area contributed by atoms with Crippen LogP contribution in [-0.4, -0.2) is 15.7 Å². The summed E-state index contributed by atoms with van der Waals surface area (Å²) in [5.74, 6) is 5.74. The van der Waals surface area contributed by atoms with Crippen molar-refractivity contribution in [2.75, 3.05) is 6.54 Å². The molecule has 0 fully saturated rings. The molecule has 0 aliphatic carbocycles. The highest BCUT2D eigenvalue weighted by molar-refractivity contribution is 5.02. The van der Waals surface area contributed by atoms with E-state index in [1.165, 1.54) is 17.7 Å². The Morgan fingerprint density at radius 2 is 2.00 bits per heavy atom. The van der Waals surface area contributed by atoms with Crippen molar-refractivity contribution >= 4 is 0 Å². The second-order valence-corrected chi connectivity index (χ2v) is 3.73. The molecular formula is C12H17N3O2. The predicted molar refractivity (Wildman–Crippen MR) is 66.7 cm³/mol. The number of hydrogen-bond donors (Lipinski definition) is 1. The summed E-state index contributed by atoms with van der Waals surface area (Å²) >= 11 is 0. The van der Waals surface area contributed by atoms with Crippen LogP contribution < -0.4 is 16.6 Å². The lowest BCUT2D eigenvalue weighted by atomic mass is 10.3. The van der Waals surface area contributed by atoms with Crippen LogP contribution in [0.1, 0.15) is 19.0 Å². The monoisotopic (exact) mass is 235 g/mol. The molecule has 0 atom stereocenters. The van der Waals surface area contributed by atoms with E-state index in [9.17, 15) is 9.59 Å². The number of hydrogen-bond acceptors (Lipinski definition) is 3. The van der Waals surface area contributed by atoms with Crippen molar-refractivity contribution in [1.29, 1.82) is 0 Å². The number of nitrogens with one attached hydrogen (secondary N) is 1. The molecule has 0 aliphatic rings. The maximum Gasteiger partial charge on any atom is 0.330 e. The molecule has 0 aliphatic heterocycles. The van der Waals surface area contributed by atoms with E-state index in [0.29, 0.717) is 12.2 Å². The van der Waals surface area contributed by atoms with Crippen molar-refractivity contribution < 1.29 is 0 Å². The van der Waals surface area contributed by atoms with Crippen LogP contribution in [0.4, 0.5) is 0 Å². The van der Waals surface area contributed by atoms with Gasteiger partial charge in [-0.15, -0.1) is 11.8 Å². The highest BCUT2D eigenvalue weighted by Gasteiger charge is 2.04. The molecule has 1 aromatic heterocycles. The van der Waals surface area contributed by atoms with Crippen molar-refractivity contribution in [3.63, 3.8) is 0 Å². The van der Waals surface area contributed by atoms with E-state index in [4.69, 9.17) is 0 Å². The number of aromatic nitrogens is 2. The number of rotatable bonds is 4. The second kappa shape index (κ2) is 6.06. The molecule has 5 heteroatoms. The van der Waals surface area contributed by atoms with Gasteiger partial charge in [0.05, 0.1) is 0 Å². The third-order valence-corrected chi connectivity index (χ3v) is 2.54.